The first kappa shape index (κ1) is 17.0. The van der Waals surface area contributed by atoms with Gasteiger partial charge in [-0.15, -0.1) is 0 Å². The smallest absolute Gasteiger partial charge is 0.315 e. The van der Waals surface area contributed by atoms with Crippen LogP contribution in [0, 0.1) is 11.8 Å². The molecule has 0 radical (unpaired) electrons. The molecule has 1 rings (SSSR count). The Morgan fingerprint density at radius 1 is 1.24 bits per heavy atom. The highest BCUT2D eigenvalue weighted by Gasteiger charge is 2.25. The molecule has 7 heteroatoms. The number of carboxylic acid groups (broad SMARTS) is 1. The fourth-order valence-corrected chi connectivity index (χ4v) is 1.90. The molecule has 0 bridgehead atoms. The summed E-state index contributed by atoms with van der Waals surface area (Å²) in [4.78, 5) is 33.8. The van der Waals surface area contributed by atoms with Crippen molar-refractivity contribution in [1.29, 1.82) is 0 Å². The van der Waals surface area contributed by atoms with Crippen LogP contribution >= 0.6 is 0 Å². The fourth-order valence-electron chi connectivity index (χ4n) is 1.90. The van der Waals surface area contributed by atoms with Crippen LogP contribution in [0.1, 0.15) is 26.7 Å². The summed E-state index contributed by atoms with van der Waals surface area (Å²) in [5.74, 6) is -1.15. The van der Waals surface area contributed by atoms with Crippen LogP contribution in [0.25, 0.3) is 0 Å². The number of amides is 3. The molecule has 0 fully saturated rings. The number of carbonyl (C=O) groups excluding carboxylic acids is 2. The number of carbonyl (C=O) groups is 3. The second-order valence-corrected chi connectivity index (χ2v) is 5.52. The molecule has 0 heterocycles. The Labute approximate surface area is 124 Å². The van der Waals surface area contributed by atoms with Gasteiger partial charge in [-0.2, -0.15) is 0 Å². The molecule has 0 aromatic rings. The molecule has 0 aliphatic heterocycles. The molecule has 2 atom stereocenters. The van der Waals surface area contributed by atoms with E-state index in [4.69, 9.17) is 5.11 Å². The van der Waals surface area contributed by atoms with E-state index in [9.17, 15) is 14.4 Å². The maximum absolute atomic E-state index is 11.6. The van der Waals surface area contributed by atoms with Crippen molar-refractivity contribution >= 4 is 17.9 Å². The SMILES string of the molecule is CC(C)CNC(=O)CCNC(=O)NC1C=CC(C(=O)O)C1. The molecule has 4 N–H and O–H groups in total. The average molecular weight is 297 g/mol. The van der Waals surface area contributed by atoms with Crippen LogP contribution < -0.4 is 16.0 Å². The summed E-state index contributed by atoms with van der Waals surface area (Å²) in [6.45, 7) is 4.87. The predicted molar refractivity (Wildman–Crippen MR) is 77.7 cm³/mol. The fraction of sp³-hybridized carbons (Fsp3) is 0.643. The Hall–Kier alpha value is -2.05. The molecule has 0 spiro atoms. The summed E-state index contributed by atoms with van der Waals surface area (Å²) in [6.07, 6.45) is 3.83. The first-order valence-electron chi connectivity index (χ1n) is 7.10. The lowest BCUT2D eigenvalue weighted by Gasteiger charge is -2.13. The number of aliphatic carboxylic acids is 1. The molecule has 118 valence electrons. The number of hydrogen-bond acceptors (Lipinski definition) is 3. The number of carboxylic acids is 1. The van der Waals surface area contributed by atoms with Crippen molar-refractivity contribution in [2.75, 3.05) is 13.1 Å². The van der Waals surface area contributed by atoms with Crippen LogP contribution in [0.15, 0.2) is 12.2 Å². The third-order valence-electron chi connectivity index (χ3n) is 3.06. The molecule has 3 amide bonds. The van der Waals surface area contributed by atoms with Crippen molar-refractivity contribution < 1.29 is 19.5 Å². The number of nitrogens with one attached hydrogen (secondary N) is 3. The summed E-state index contributed by atoms with van der Waals surface area (Å²) < 4.78 is 0. The Balaban J connectivity index is 2.14. The molecule has 21 heavy (non-hydrogen) atoms. The lowest BCUT2D eigenvalue weighted by Crippen LogP contribution is -2.42. The van der Waals surface area contributed by atoms with Crippen molar-refractivity contribution in [3.05, 3.63) is 12.2 Å². The summed E-state index contributed by atoms with van der Waals surface area (Å²) in [7, 11) is 0. The molecule has 1 aliphatic carbocycles. The average Bonchev–Trinajstić information content (AvgIpc) is 2.85. The second-order valence-electron chi connectivity index (χ2n) is 5.52. The Bertz CT molecular complexity index is 420. The number of urea groups is 1. The summed E-state index contributed by atoms with van der Waals surface area (Å²) in [6, 6.07) is -0.673. The third-order valence-corrected chi connectivity index (χ3v) is 3.06. The Kier molecular flexibility index (Phi) is 6.71. The highest BCUT2D eigenvalue weighted by Crippen LogP contribution is 2.17. The quantitative estimate of drug-likeness (QED) is 0.512. The van der Waals surface area contributed by atoms with Gasteiger partial charge in [0, 0.05) is 19.5 Å². The highest BCUT2D eigenvalue weighted by molar-refractivity contribution is 5.78. The van der Waals surface area contributed by atoms with E-state index in [1.165, 1.54) is 0 Å². The lowest BCUT2D eigenvalue weighted by atomic mass is 10.1. The van der Waals surface area contributed by atoms with Crippen molar-refractivity contribution in [3.63, 3.8) is 0 Å². The van der Waals surface area contributed by atoms with Crippen molar-refractivity contribution in [1.82, 2.24) is 16.0 Å². The molecule has 0 aromatic heterocycles. The van der Waals surface area contributed by atoms with Crippen molar-refractivity contribution in [3.8, 4) is 0 Å². The van der Waals surface area contributed by atoms with E-state index in [2.05, 4.69) is 16.0 Å². The normalized spacial score (nSPS) is 20.3. The predicted octanol–water partition coefficient (Wildman–Crippen LogP) is 0.477. The van der Waals surface area contributed by atoms with Crippen molar-refractivity contribution in [2.24, 2.45) is 11.8 Å². The molecule has 0 aromatic carbocycles. The Morgan fingerprint density at radius 2 is 1.95 bits per heavy atom. The minimum Gasteiger partial charge on any atom is -0.481 e. The highest BCUT2D eigenvalue weighted by atomic mass is 16.4. The number of hydrogen-bond donors (Lipinski definition) is 4. The van der Waals surface area contributed by atoms with Gasteiger partial charge in [0.2, 0.25) is 5.91 Å². The molecule has 0 saturated carbocycles. The van der Waals surface area contributed by atoms with Crippen LogP contribution in [0.3, 0.4) is 0 Å². The molecule has 7 nitrogen and oxygen atoms in total. The largest absolute Gasteiger partial charge is 0.481 e. The van der Waals surface area contributed by atoms with Gasteiger partial charge in [0.15, 0.2) is 0 Å². The van der Waals surface area contributed by atoms with Gasteiger partial charge >= 0.3 is 12.0 Å². The van der Waals surface area contributed by atoms with Crippen LogP contribution in [-0.4, -0.2) is 42.1 Å². The molecule has 1 aliphatic rings. The van der Waals surface area contributed by atoms with E-state index in [0.717, 1.165) is 0 Å². The maximum atomic E-state index is 11.6. The summed E-state index contributed by atoms with van der Waals surface area (Å²) >= 11 is 0. The summed E-state index contributed by atoms with van der Waals surface area (Å²) in [5.41, 5.74) is 0. The molecular weight excluding hydrogens is 274 g/mol. The van der Waals surface area contributed by atoms with E-state index in [1.54, 1.807) is 12.2 Å². The van der Waals surface area contributed by atoms with Crippen LogP contribution in [0.5, 0.6) is 0 Å². The monoisotopic (exact) mass is 297 g/mol. The first-order valence-corrected chi connectivity index (χ1v) is 7.10. The third kappa shape index (κ3) is 6.78. The molecule has 2 unspecified atom stereocenters. The zero-order valence-corrected chi connectivity index (χ0v) is 12.4. The van der Waals surface area contributed by atoms with Crippen LogP contribution in [0.2, 0.25) is 0 Å². The zero-order valence-electron chi connectivity index (χ0n) is 12.4. The van der Waals surface area contributed by atoms with E-state index in [-0.39, 0.29) is 24.9 Å². The Morgan fingerprint density at radius 3 is 2.52 bits per heavy atom. The van der Waals surface area contributed by atoms with Gasteiger partial charge in [0.1, 0.15) is 0 Å². The van der Waals surface area contributed by atoms with Crippen LogP contribution in [-0.2, 0) is 9.59 Å². The summed E-state index contributed by atoms with van der Waals surface area (Å²) in [5, 5.41) is 16.8. The van der Waals surface area contributed by atoms with Gasteiger partial charge in [-0.3, -0.25) is 9.59 Å². The van der Waals surface area contributed by atoms with Gasteiger partial charge in [0.05, 0.1) is 12.0 Å². The van der Waals surface area contributed by atoms with Gasteiger partial charge in [0.25, 0.3) is 0 Å². The molecule has 0 saturated heterocycles. The lowest BCUT2D eigenvalue weighted by molar-refractivity contribution is -0.140. The van der Waals surface area contributed by atoms with E-state index >= 15 is 0 Å². The zero-order chi connectivity index (χ0) is 15.8. The second kappa shape index (κ2) is 8.28. The van der Waals surface area contributed by atoms with Crippen molar-refractivity contribution in [2.45, 2.75) is 32.7 Å². The first-order chi connectivity index (χ1) is 9.88. The van der Waals surface area contributed by atoms with E-state index in [1.807, 2.05) is 13.8 Å². The van der Waals surface area contributed by atoms with Gasteiger partial charge < -0.3 is 21.1 Å². The topological polar surface area (TPSA) is 108 Å². The standard InChI is InChI=1S/C14H23N3O4/c1-9(2)8-16-12(18)5-6-15-14(21)17-11-4-3-10(7-11)13(19)20/h3-4,9-11H,5-8H2,1-2H3,(H,16,18)(H,19,20)(H2,15,17,21). The van der Waals surface area contributed by atoms with E-state index in [0.29, 0.717) is 18.9 Å². The molecular formula is C14H23N3O4. The van der Waals surface area contributed by atoms with Gasteiger partial charge in [-0.25, -0.2) is 4.79 Å². The minimum atomic E-state index is -0.891. The minimum absolute atomic E-state index is 0.101. The van der Waals surface area contributed by atoms with E-state index < -0.39 is 17.9 Å². The van der Waals surface area contributed by atoms with Gasteiger partial charge in [-0.1, -0.05) is 26.0 Å². The maximum Gasteiger partial charge on any atom is 0.315 e. The van der Waals surface area contributed by atoms with Gasteiger partial charge in [-0.05, 0) is 12.3 Å². The number of rotatable bonds is 7. The van der Waals surface area contributed by atoms with Crippen LogP contribution in [0.4, 0.5) is 4.79 Å².